The molecule has 0 aliphatic heterocycles. The lowest BCUT2D eigenvalue weighted by Gasteiger charge is -2.44. The van der Waals surface area contributed by atoms with Crippen molar-refractivity contribution in [1.82, 2.24) is 0 Å². The Balaban J connectivity index is 4.92. The third kappa shape index (κ3) is 2.29. The molecule has 1 N–H and O–H groups in total. The highest BCUT2D eigenvalue weighted by atomic mass is 32.2. The van der Waals surface area contributed by atoms with Crippen LogP contribution >= 0.6 is 11.8 Å². The Morgan fingerprint density at radius 3 is 2.23 bits per heavy atom. The van der Waals surface area contributed by atoms with Gasteiger partial charge in [0.2, 0.25) is 0 Å². The number of aliphatic hydroxyl groups is 1. The van der Waals surface area contributed by atoms with Crippen LogP contribution in [0.25, 0.3) is 0 Å². The molecule has 78 valence electrons. The van der Waals surface area contributed by atoms with Crippen LogP contribution in [0.3, 0.4) is 0 Å². The molecule has 0 fully saturated rings. The molecule has 13 heavy (non-hydrogen) atoms. The lowest BCUT2D eigenvalue weighted by atomic mass is 9.71. The average Bonchev–Trinajstić information content (AvgIpc) is 2.14. The standard InChI is InChI=1S/C11H22OS/c1-7-10(4,5)11(12,8-2)9(3)13-6/h7,9,12H,1,8H2,2-6H3. The molecule has 0 rings (SSSR count). The van der Waals surface area contributed by atoms with E-state index in [1.165, 1.54) is 0 Å². The SMILES string of the molecule is C=CC(C)(C)C(O)(CC)C(C)SC. The summed E-state index contributed by atoms with van der Waals surface area (Å²) < 4.78 is 0. The molecule has 0 aliphatic rings. The van der Waals surface area contributed by atoms with Crippen molar-refractivity contribution in [3.05, 3.63) is 12.7 Å². The maximum absolute atomic E-state index is 10.5. The van der Waals surface area contributed by atoms with Crippen LogP contribution in [0.1, 0.15) is 34.1 Å². The second kappa shape index (κ2) is 4.52. The fraction of sp³-hybridized carbons (Fsp3) is 0.818. The number of thioether (sulfide) groups is 1. The minimum Gasteiger partial charge on any atom is -0.388 e. The second-order valence-electron chi connectivity index (χ2n) is 4.08. The van der Waals surface area contributed by atoms with E-state index in [1.54, 1.807) is 11.8 Å². The van der Waals surface area contributed by atoms with Gasteiger partial charge in [-0.1, -0.05) is 33.8 Å². The van der Waals surface area contributed by atoms with Crippen LogP contribution < -0.4 is 0 Å². The van der Waals surface area contributed by atoms with Crippen molar-refractivity contribution < 1.29 is 5.11 Å². The Morgan fingerprint density at radius 1 is 1.54 bits per heavy atom. The molecule has 0 aromatic rings. The molecule has 0 bridgehead atoms. The van der Waals surface area contributed by atoms with Crippen LogP contribution in [-0.4, -0.2) is 22.2 Å². The van der Waals surface area contributed by atoms with Crippen LogP contribution in [-0.2, 0) is 0 Å². The molecule has 0 aromatic carbocycles. The molecule has 0 saturated carbocycles. The van der Waals surface area contributed by atoms with Gasteiger partial charge in [-0.25, -0.2) is 0 Å². The molecule has 0 heterocycles. The van der Waals surface area contributed by atoms with E-state index in [4.69, 9.17) is 0 Å². The average molecular weight is 202 g/mol. The van der Waals surface area contributed by atoms with E-state index < -0.39 is 5.60 Å². The van der Waals surface area contributed by atoms with Gasteiger partial charge in [0.15, 0.2) is 0 Å². The van der Waals surface area contributed by atoms with Crippen LogP contribution in [0.4, 0.5) is 0 Å². The summed E-state index contributed by atoms with van der Waals surface area (Å²) in [6, 6.07) is 0. The summed E-state index contributed by atoms with van der Waals surface area (Å²) in [5.41, 5.74) is -0.891. The number of hydrogen-bond acceptors (Lipinski definition) is 2. The van der Waals surface area contributed by atoms with Crippen molar-refractivity contribution in [3.63, 3.8) is 0 Å². The maximum atomic E-state index is 10.5. The van der Waals surface area contributed by atoms with Crippen molar-refractivity contribution in [2.75, 3.05) is 6.26 Å². The van der Waals surface area contributed by atoms with Gasteiger partial charge in [0.05, 0.1) is 5.60 Å². The highest BCUT2D eigenvalue weighted by molar-refractivity contribution is 7.99. The highest BCUT2D eigenvalue weighted by Crippen LogP contribution is 2.41. The second-order valence-corrected chi connectivity index (χ2v) is 5.26. The van der Waals surface area contributed by atoms with Gasteiger partial charge >= 0.3 is 0 Å². The number of rotatable bonds is 5. The fourth-order valence-corrected chi connectivity index (χ4v) is 2.50. The third-order valence-corrected chi connectivity index (χ3v) is 4.29. The normalized spacial score (nSPS) is 19.2. The van der Waals surface area contributed by atoms with Crippen molar-refractivity contribution in [1.29, 1.82) is 0 Å². The molecule has 0 saturated heterocycles. The Hall–Kier alpha value is 0.0500. The van der Waals surface area contributed by atoms with Crippen molar-refractivity contribution in [2.45, 2.75) is 45.0 Å². The van der Waals surface area contributed by atoms with E-state index in [0.717, 1.165) is 6.42 Å². The van der Waals surface area contributed by atoms with Gasteiger partial charge in [0.1, 0.15) is 0 Å². The summed E-state index contributed by atoms with van der Waals surface area (Å²) in [5.74, 6) is 0. The Bertz CT molecular complexity index is 177. The predicted octanol–water partition coefficient (Wildman–Crippen LogP) is 3.09. The zero-order chi connectivity index (χ0) is 10.7. The van der Waals surface area contributed by atoms with Gasteiger partial charge in [0.25, 0.3) is 0 Å². The predicted molar refractivity (Wildman–Crippen MR) is 62.2 cm³/mol. The van der Waals surface area contributed by atoms with Gasteiger partial charge in [-0.3, -0.25) is 0 Å². The quantitative estimate of drug-likeness (QED) is 0.691. The zero-order valence-electron chi connectivity index (χ0n) is 9.42. The van der Waals surface area contributed by atoms with Gasteiger partial charge < -0.3 is 5.11 Å². The Labute approximate surface area is 86.6 Å². The lowest BCUT2D eigenvalue weighted by molar-refractivity contribution is -0.0434. The summed E-state index contributed by atoms with van der Waals surface area (Å²) >= 11 is 1.70. The molecule has 2 atom stereocenters. The van der Waals surface area contributed by atoms with E-state index in [-0.39, 0.29) is 10.7 Å². The lowest BCUT2D eigenvalue weighted by Crippen LogP contribution is -2.50. The molecule has 2 heteroatoms. The van der Waals surface area contributed by atoms with Crippen LogP contribution in [0.2, 0.25) is 0 Å². The van der Waals surface area contributed by atoms with Crippen molar-refractivity contribution >= 4 is 11.8 Å². The van der Waals surface area contributed by atoms with Gasteiger partial charge in [0, 0.05) is 10.7 Å². The highest BCUT2D eigenvalue weighted by Gasteiger charge is 2.43. The molecule has 0 amide bonds. The Kier molecular flexibility index (Phi) is 4.53. The summed E-state index contributed by atoms with van der Waals surface area (Å²) in [6.45, 7) is 12.0. The van der Waals surface area contributed by atoms with Crippen LogP contribution in [0.5, 0.6) is 0 Å². The van der Waals surface area contributed by atoms with E-state index in [1.807, 2.05) is 33.1 Å². The number of hydrogen-bond donors (Lipinski definition) is 1. The molecule has 0 aromatic heterocycles. The van der Waals surface area contributed by atoms with Gasteiger partial charge in [-0.2, -0.15) is 11.8 Å². The Morgan fingerprint density at radius 2 is 2.00 bits per heavy atom. The summed E-state index contributed by atoms with van der Waals surface area (Å²) in [6.07, 6.45) is 4.64. The van der Waals surface area contributed by atoms with E-state index in [2.05, 4.69) is 13.5 Å². The molecule has 2 unspecified atom stereocenters. The van der Waals surface area contributed by atoms with Gasteiger partial charge in [-0.05, 0) is 12.7 Å². The topological polar surface area (TPSA) is 20.2 Å². The van der Waals surface area contributed by atoms with Crippen LogP contribution in [0.15, 0.2) is 12.7 Å². The van der Waals surface area contributed by atoms with Crippen molar-refractivity contribution in [3.8, 4) is 0 Å². The monoisotopic (exact) mass is 202 g/mol. The minimum absolute atomic E-state index is 0.227. The smallest absolute Gasteiger partial charge is 0.0845 e. The maximum Gasteiger partial charge on any atom is 0.0845 e. The van der Waals surface area contributed by atoms with E-state index >= 15 is 0 Å². The first-order valence-electron chi connectivity index (χ1n) is 4.74. The molecular formula is C11H22OS. The van der Waals surface area contributed by atoms with Crippen LogP contribution in [0, 0.1) is 5.41 Å². The fourth-order valence-electron chi connectivity index (χ4n) is 1.64. The molecule has 1 nitrogen and oxygen atoms in total. The zero-order valence-corrected chi connectivity index (χ0v) is 10.2. The van der Waals surface area contributed by atoms with Gasteiger partial charge in [-0.15, -0.1) is 6.58 Å². The molecular weight excluding hydrogens is 180 g/mol. The summed E-state index contributed by atoms with van der Waals surface area (Å²) in [5, 5.41) is 10.8. The van der Waals surface area contributed by atoms with E-state index in [9.17, 15) is 5.11 Å². The largest absolute Gasteiger partial charge is 0.388 e. The summed E-state index contributed by atoms with van der Waals surface area (Å²) in [7, 11) is 0. The molecule has 0 aliphatic carbocycles. The first-order chi connectivity index (χ1) is 5.85. The summed E-state index contributed by atoms with van der Waals surface area (Å²) in [4.78, 5) is 0. The molecule has 0 radical (unpaired) electrons. The van der Waals surface area contributed by atoms with E-state index in [0.29, 0.717) is 0 Å². The minimum atomic E-state index is -0.659. The first-order valence-corrected chi connectivity index (χ1v) is 6.03. The van der Waals surface area contributed by atoms with Crippen molar-refractivity contribution in [2.24, 2.45) is 5.41 Å². The molecule has 0 spiro atoms. The first kappa shape index (κ1) is 13.1. The third-order valence-electron chi connectivity index (χ3n) is 3.19.